The molecule has 1 aliphatic heterocycles. The van der Waals surface area contributed by atoms with Gasteiger partial charge in [0.15, 0.2) is 0 Å². The first-order valence-corrected chi connectivity index (χ1v) is 6.89. The van der Waals surface area contributed by atoms with Crippen LogP contribution in [0.5, 0.6) is 0 Å². The monoisotopic (exact) mass is 246 g/mol. The molecule has 1 aliphatic rings. The van der Waals surface area contributed by atoms with E-state index >= 15 is 0 Å². The van der Waals surface area contributed by atoms with Crippen LogP contribution in [0.4, 0.5) is 5.69 Å². The summed E-state index contributed by atoms with van der Waals surface area (Å²) in [6.07, 6.45) is 6.07. The van der Waals surface area contributed by atoms with Gasteiger partial charge in [0, 0.05) is 25.8 Å². The molecule has 0 unspecified atom stereocenters. The van der Waals surface area contributed by atoms with Crippen molar-refractivity contribution < 1.29 is 4.79 Å². The number of carbonyl (C=O) groups is 1. The number of amides is 1. The van der Waals surface area contributed by atoms with Gasteiger partial charge in [-0.3, -0.25) is 4.79 Å². The van der Waals surface area contributed by atoms with Gasteiger partial charge >= 0.3 is 0 Å². The summed E-state index contributed by atoms with van der Waals surface area (Å²) in [4.78, 5) is 14.5. The summed E-state index contributed by atoms with van der Waals surface area (Å²) in [5.41, 5.74) is 1.71. The van der Waals surface area contributed by atoms with Crippen LogP contribution in [0.1, 0.15) is 42.5 Å². The lowest BCUT2D eigenvalue weighted by molar-refractivity contribution is 0.0743. The normalized spacial score (nSPS) is 16.8. The number of carbonyl (C=O) groups excluding carboxylic acids is 1. The van der Waals surface area contributed by atoms with Crippen molar-refractivity contribution >= 4 is 11.6 Å². The Kier molecular flexibility index (Phi) is 4.62. The molecule has 1 aromatic rings. The van der Waals surface area contributed by atoms with Gasteiger partial charge in [-0.15, -0.1) is 0 Å². The lowest BCUT2D eigenvalue weighted by Gasteiger charge is -2.25. The first kappa shape index (κ1) is 12.9. The van der Waals surface area contributed by atoms with E-state index in [0.717, 1.165) is 37.2 Å². The fourth-order valence-corrected chi connectivity index (χ4v) is 2.51. The molecule has 1 aromatic carbocycles. The summed E-state index contributed by atoms with van der Waals surface area (Å²) in [6.45, 7) is 1.80. The van der Waals surface area contributed by atoms with E-state index in [2.05, 4.69) is 5.32 Å². The molecule has 0 spiro atoms. The number of para-hydroxylation sites is 1. The van der Waals surface area contributed by atoms with Crippen LogP contribution in [0.3, 0.4) is 0 Å². The van der Waals surface area contributed by atoms with E-state index in [4.69, 9.17) is 0 Å². The number of hydrogen-bond acceptors (Lipinski definition) is 2. The average molecular weight is 246 g/mol. The van der Waals surface area contributed by atoms with E-state index in [-0.39, 0.29) is 5.91 Å². The SMILES string of the molecule is CNc1ccccc1C(=O)N1CCCCCCC1. The van der Waals surface area contributed by atoms with Crippen LogP contribution in [-0.2, 0) is 0 Å². The molecular weight excluding hydrogens is 224 g/mol. The molecule has 98 valence electrons. The minimum Gasteiger partial charge on any atom is -0.387 e. The maximum Gasteiger partial charge on any atom is 0.255 e. The van der Waals surface area contributed by atoms with Gasteiger partial charge in [-0.05, 0) is 25.0 Å². The highest BCUT2D eigenvalue weighted by molar-refractivity contribution is 5.99. The Bertz CT molecular complexity index is 395. The lowest BCUT2D eigenvalue weighted by Crippen LogP contribution is -2.34. The number of rotatable bonds is 2. The van der Waals surface area contributed by atoms with Gasteiger partial charge in [0.25, 0.3) is 5.91 Å². The van der Waals surface area contributed by atoms with E-state index in [1.165, 1.54) is 19.3 Å². The van der Waals surface area contributed by atoms with Crippen LogP contribution >= 0.6 is 0 Å². The minimum atomic E-state index is 0.168. The smallest absolute Gasteiger partial charge is 0.255 e. The third kappa shape index (κ3) is 3.03. The molecule has 3 nitrogen and oxygen atoms in total. The molecular formula is C15H22N2O. The second-order valence-electron chi connectivity index (χ2n) is 4.86. The van der Waals surface area contributed by atoms with Gasteiger partial charge in [-0.1, -0.05) is 31.4 Å². The Morgan fingerprint density at radius 3 is 2.33 bits per heavy atom. The second kappa shape index (κ2) is 6.43. The van der Waals surface area contributed by atoms with Crippen molar-refractivity contribution in [3.8, 4) is 0 Å². The standard InChI is InChI=1S/C15H22N2O/c1-16-14-10-6-5-9-13(14)15(18)17-11-7-3-2-4-8-12-17/h5-6,9-10,16H,2-4,7-8,11-12H2,1H3. The Morgan fingerprint density at radius 2 is 1.67 bits per heavy atom. The summed E-state index contributed by atoms with van der Waals surface area (Å²) < 4.78 is 0. The molecule has 1 fully saturated rings. The third-order valence-corrected chi connectivity index (χ3v) is 3.57. The molecule has 1 N–H and O–H groups in total. The van der Waals surface area contributed by atoms with Gasteiger partial charge in [0.2, 0.25) is 0 Å². The maximum absolute atomic E-state index is 12.5. The molecule has 1 heterocycles. The fourth-order valence-electron chi connectivity index (χ4n) is 2.51. The van der Waals surface area contributed by atoms with Crippen molar-refractivity contribution in [2.75, 3.05) is 25.5 Å². The zero-order valence-electron chi connectivity index (χ0n) is 11.1. The molecule has 0 aliphatic carbocycles. The Morgan fingerprint density at radius 1 is 1.06 bits per heavy atom. The fraction of sp³-hybridized carbons (Fsp3) is 0.533. The summed E-state index contributed by atoms with van der Waals surface area (Å²) in [5.74, 6) is 0.168. The predicted molar refractivity (Wildman–Crippen MR) is 75.0 cm³/mol. The van der Waals surface area contributed by atoms with Crippen LogP contribution in [0, 0.1) is 0 Å². The number of benzene rings is 1. The van der Waals surface area contributed by atoms with Crippen molar-refractivity contribution in [2.24, 2.45) is 0 Å². The molecule has 0 bridgehead atoms. The summed E-state index contributed by atoms with van der Waals surface area (Å²) in [5, 5.41) is 3.10. The second-order valence-corrected chi connectivity index (χ2v) is 4.86. The van der Waals surface area contributed by atoms with Crippen LogP contribution in [0.15, 0.2) is 24.3 Å². The summed E-state index contributed by atoms with van der Waals surface area (Å²) >= 11 is 0. The molecule has 2 rings (SSSR count). The zero-order valence-corrected chi connectivity index (χ0v) is 11.1. The Hall–Kier alpha value is -1.51. The lowest BCUT2D eigenvalue weighted by atomic mass is 10.1. The van der Waals surface area contributed by atoms with Crippen molar-refractivity contribution in [1.82, 2.24) is 4.90 Å². The number of likely N-dealkylation sites (tertiary alicyclic amines) is 1. The minimum absolute atomic E-state index is 0.168. The van der Waals surface area contributed by atoms with Gasteiger partial charge < -0.3 is 10.2 Å². The van der Waals surface area contributed by atoms with E-state index in [0.29, 0.717) is 0 Å². The van der Waals surface area contributed by atoms with E-state index in [9.17, 15) is 4.79 Å². The first-order chi connectivity index (χ1) is 8.83. The van der Waals surface area contributed by atoms with Crippen molar-refractivity contribution in [1.29, 1.82) is 0 Å². The van der Waals surface area contributed by atoms with Crippen LogP contribution in [0.2, 0.25) is 0 Å². The number of anilines is 1. The molecule has 1 saturated heterocycles. The summed E-state index contributed by atoms with van der Waals surface area (Å²) in [6, 6.07) is 7.75. The van der Waals surface area contributed by atoms with Crippen LogP contribution in [0.25, 0.3) is 0 Å². The molecule has 0 aromatic heterocycles. The zero-order chi connectivity index (χ0) is 12.8. The third-order valence-electron chi connectivity index (χ3n) is 3.57. The number of nitrogens with one attached hydrogen (secondary N) is 1. The number of hydrogen-bond donors (Lipinski definition) is 1. The average Bonchev–Trinajstić information content (AvgIpc) is 2.37. The highest BCUT2D eigenvalue weighted by Crippen LogP contribution is 2.19. The highest BCUT2D eigenvalue weighted by Gasteiger charge is 2.18. The largest absolute Gasteiger partial charge is 0.387 e. The van der Waals surface area contributed by atoms with Crippen molar-refractivity contribution in [2.45, 2.75) is 32.1 Å². The predicted octanol–water partition coefficient (Wildman–Crippen LogP) is 3.13. The van der Waals surface area contributed by atoms with Gasteiger partial charge in [0.1, 0.15) is 0 Å². The maximum atomic E-state index is 12.5. The quantitative estimate of drug-likeness (QED) is 0.869. The van der Waals surface area contributed by atoms with Crippen LogP contribution in [-0.4, -0.2) is 30.9 Å². The van der Waals surface area contributed by atoms with E-state index < -0.39 is 0 Å². The van der Waals surface area contributed by atoms with E-state index in [1.54, 1.807) is 0 Å². The van der Waals surface area contributed by atoms with Crippen LogP contribution < -0.4 is 5.32 Å². The van der Waals surface area contributed by atoms with Gasteiger partial charge in [-0.25, -0.2) is 0 Å². The molecule has 0 atom stereocenters. The van der Waals surface area contributed by atoms with Crippen molar-refractivity contribution in [3.05, 3.63) is 29.8 Å². The topological polar surface area (TPSA) is 32.3 Å². The first-order valence-electron chi connectivity index (χ1n) is 6.89. The Balaban J connectivity index is 2.13. The van der Waals surface area contributed by atoms with Crippen molar-refractivity contribution in [3.63, 3.8) is 0 Å². The molecule has 18 heavy (non-hydrogen) atoms. The highest BCUT2D eigenvalue weighted by atomic mass is 16.2. The summed E-state index contributed by atoms with van der Waals surface area (Å²) in [7, 11) is 1.86. The molecule has 3 heteroatoms. The number of nitrogens with zero attached hydrogens (tertiary/aromatic N) is 1. The van der Waals surface area contributed by atoms with Gasteiger partial charge in [-0.2, -0.15) is 0 Å². The molecule has 0 saturated carbocycles. The molecule has 0 radical (unpaired) electrons. The van der Waals surface area contributed by atoms with E-state index in [1.807, 2.05) is 36.2 Å². The Labute approximate surface area is 109 Å². The van der Waals surface area contributed by atoms with Gasteiger partial charge in [0.05, 0.1) is 5.56 Å². The molecule has 1 amide bonds.